The maximum Gasteiger partial charge on any atom is 0.246 e. The van der Waals surface area contributed by atoms with E-state index in [1.807, 2.05) is 0 Å². The summed E-state index contributed by atoms with van der Waals surface area (Å²) >= 11 is 0. The zero-order valence-electron chi connectivity index (χ0n) is 10.7. The zero-order chi connectivity index (χ0) is 12.2. The summed E-state index contributed by atoms with van der Waals surface area (Å²) in [6.07, 6.45) is 6.41. The highest BCUT2D eigenvalue weighted by atomic mass is 16.5. The Bertz CT molecular complexity index is 453. The molecule has 4 atom stereocenters. The fourth-order valence-corrected chi connectivity index (χ4v) is 3.60. The summed E-state index contributed by atoms with van der Waals surface area (Å²) in [4.78, 5) is 4.64. The molecule has 0 saturated carbocycles. The summed E-state index contributed by atoms with van der Waals surface area (Å²) in [6.45, 7) is 3.18. The molecule has 0 radical (unpaired) electrons. The minimum atomic E-state index is -0.121. The first-order chi connectivity index (χ1) is 8.74. The van der Waals surface area contributed by atoms with E-state index in [-0.39, 0.29) is 5.54 Å². The summed E-state index contributed by atoms with van der Waals surface area (Å²) in [5.41, 5.74) is -0.121. The Labute approximate surface area is 106 Å². The summed E-state index contributed by atoms with van der Waals surface area (Å²) in [5, 5.41) is 7.66. The number of aromatic nitrogens is 2. The Hall–Kier alpha value is -0.940. The Kier molecular flexibility index (Phi) is 2.29. The highest BCUT2D eigenvalue weighted by Gasteiger charge is 2.45. The Morgan fingerprint density at radius 2 is 2.33 bits per heavy atom. The van der Waals surface area contributed by atoms with Gasteiger partial charge in [0.05, 0.1) is 23.7 Å². The van der Waals surface area contributed by atoms with Crippen molar-refractivity contribution in [3.63, 3.8) is 0 Å². The first-order valence-electron chi connectivity index (χ1n) is 6.99. The summed E-state index contributed by atoms with van der Waals surface area (Å²) in [7, 11) is 0. The molecule has 3 saturated heterocycles. The van der Waals surface area contributed by atoms with Crippen LogP contribution in [0.5, 0.6) is 0 Å². The number of hydrogen-bond donors (Lipinski definition) is 1. The molecule has 5 heteroatoms. The van der Waals surface area contributed by atoms with Crippen LogP contribution in [-0.2, 0) is 10.3 Å². The second-order valence-electron chi connectivity index (χ2n) is 6.04. The van der Waals surface area contributed by atoms with Crippen molar-refractivity contribution in [1.29, 1.82) is 0 Å². The van der Waals surface area contributed by atoms with Crippen LogP contribution in [0.2, 0.25) is 0 Å². The van der Waals surface area contributed by atoms with Gasteiger partial charge in [-0.1, -0.05) is 5.16 Å². The molecule has 1 N–H and O–H groups in total. The molecule has 1 aromatic heterocycles. The number of rotatable bonds is 2. The van der Waals surface area contributed by atoms with Crippen LogP contribution < -0.4 is 5.32 Å². The minimum absolute atomic E-state index is 0.121. The molecule has 3 aliphatic rings. The summed E-state index contributed by atoms with van der Waals surface area (Å²) in [6, 6.07) is 0. The second kappa shape index (κ2) is 3.78. The maximum atomic E-state index is 5.86. The number of nitrogens with one attached hydrogen (secondary N) is 1. The molecule has 3 aliphatic heterocycles. The Morgan fingerprint density at radius 3 is 3.00 bits per heavy atom. The van der Waals surface area contributed by atoms with Gasteiger partial charge >= 0.3 is 0 Å². The highest BCUT2D eigenvalue weighted by Crippen LogP contribution is 2.44. The number of hydrogen-bond acceptors (Lipinski definition) is 5. The van der Waals surface area contributed by atoms with Gasteiger partial charge in [-0.15, -0.1) is 0 Å². The first-order valence-corrected chi connectivity index (χ1v) is 6.99. The molecule has 5 nitrogen and oxygen atoms in total. The second-order valence-corrected chi connectivity index (χ2v) is 6.04. The van der Waals surface area contributed by atoms with Gasteiger partial charge in [0.1, 0.15) is 0 Å². The van der Waals surface area contributed by atoms with Gasteiger partial charge in [0.2, 0.25) is 5.89 Å². The lowest BCUT2D eigenvalue weighted by atomic mass is 9.89. The van der Waals surface area contributed by atoms with Crippen LogP contribution in [-0.4, -0.2) is 28.9 Å². The van der Waals surface area contributed by atoms with Crippen molar-refractivity contribution in [3.05, 3.63) is 11.7 Å². The summed E-state index contributed by atoms with van der Waals surface area (Å²) in [5.74, 6) is 1.95. The van der Waals surface area contributed by atoms with E-state index in [0.717, 1.165) is 37.5 Å². The molecule has 98 valence electrons. The third kappa shape index (κ3) is 1.53. The van der Waals surface area contributed by atoms with E-state index in [1.54, 1.807) is 0 Å². The van der Waals surface area contributed by atoms with Gasteiger partial charge in [-0.3, -0.25) is 0 Å². The van der Waals surface area contributed by atoms with E-state index in [0.29, 0.717) is 18.1 Å². The smallest absolute Gasteiger partial charge is 0.246 e. The largest absolute Gasteiger partial charge is 0.374 e. The third-order valence-corrected chi connectivity index (χ3v) is 4.72. The molecule has 4 unspecified atom stereocenters. The van der Waals surface area contributed by atoms with Gasteiger partial charge in [0.15, 0.2) is 5.82 Å². The summed E-state index contributed by atoms with van der Waals surface area (Å²) < 4.78 is 11.4. The molecule has 1 aromatic rings. The van der Waals surface area contributed by atoms with E-state index in [1.165, 1.54) is 12.8 Å². The lowest BCUT2D eigenvalue weighted by Crippen LogP contribution is -2.33. The zero-order valence-corrected chi connectivity index (χ0v) is 10.7. The van der Waals surface area contributed by atoms with Crippen LogP contribution >= 0.6 is 0 Å². The van der Waals surface area contributed by atoms with Gasteiger partial charge in [-0.05, 0) is 45.6 Å². The molecule has 0 aromatic carbocycles. The SMILES string of the molecule is CC1(c2nc(C3CC4CCC3O4)no2)CCCN1. The first kappa shape index (κ1) is 10.9. The van der Waals surface area contributed by atoms with Gasteiger partial charge < -0.3 is 14.6 Å². The van der Waals surface area contributed by atoms with Crippen LogP contribution in [0.25, 0.3) is 0 Å². The van der Waals surface area contributed by atoms with E-state index in [4.69, 9.17) is 9.26 Å². The van der Waals surface area contributed by atoms with Gasteiger partial charge in [0, 0.05) is 0 Å². The van der Waals surface area contributed by atoms with Crippen molar-refractivity contribution < 1.29 is 9.26 Å². The van der Waals surface area contributed by atoms with Crippen LogP contribution in [0, 0.1) is 0 Å². The van der Waals surface area contributed by atoms with Crippen molar-refractivity contribution in [3.8, 4) is 0 Å². The molecule has 0 spiro atoms. The van der Waals surface area contributed by atoms with E-state index in [9.17, 15) is 0 Å². The van der Waals surface area contributed by atoms with Crippen LogP contribution in [0.3, 0.4) is 0 Å². The van der Waals surface area contributed by atoms with Crippen molar-refractivity contribution in [1.82, 2.24) is 15.5 Å². The lowest BCUT2D eigenvalue weighted by molar-refractivity contribution is 0.0996. The third-order valence-electron chi connectivity index (χ3n) is 4.72. The molecular formula is C13H19N3O2. The van der Waals surface area contributed by atoms with Crippen LogP contribution in [0.15, 0.2) is 4.52 Å². The van der Waals surface area contributed by atoms with Crippen LogP contribution in [0.4, 0.5) is 0 Å². The standard InChI is InChI=1S/C13H19N3O2/c1-13(5-2-6-14-13)12-15-11(16-18-12)9-7-8-3-4-10(9)17-8/h8-10,14H,2-7H2,1H3. The molecule has 0 aliphatic carbocycles. The monoisotopic (exact) mass is 249 g/mol. The molecule has 0 amide bonds. The molecule has 4 rings (SSSR count). The molecule has 2 bridgehead atoms. The average molecular weight is 249 g/mol. The van der Waals surface area contributed by atoms with E-state index < -0.39 is 0 Å². The topological polar surface area (TPSA) is 60.2 Å². The predicted molar refractivity (Wildman–Crippen MR) is 64.1 cm³/mol. The maximum absolute atomic E-state index is 5.86. The molecular weight excluding hydrogens is 230 g/mol. The van der Waals surface area contributed by atoms with Crippen molar-refractivity contribution in [2.45, 2.75) is 62.7 Å². The van der Waals surface area contributed by atoms with Crippen molar-refractivity contribution in [2.75, 3.05) is 6.54 Å². The van der Waals surface area contributed by atoms with Crippen molar-refractivity contribution in [2.24, 2.45) is 0 Å². The molecule has 4 heterocycles. The average Bonchev–Trinajstić information content (AvgIpc) is 3.13. The Balaban J connectivity index is 1.58. The van der Waals surface area contributed by atoms with Gasteiger partial charge in [-0.2, -0.15) is 4.98 Å². The lowest BCUT2D eigenvalue weighted by Gasteiger charge is -2.18. The van der Waals surface area contributed by atoms with Gasteiger partial charge in [0.25, 0.3) is 0 Å². The molecule has 3 fully saturated rings. The van der Waals surface area contributed by atoms with E-state index in [2.05, 4.69) is 22.4 Å². The van der Waals surface area contributed by atoms with E-state index >= 15 is 0 Å². The molecule has 18 heavy (non-hydrogen) atoms. The fourth-order valence-electron chi connectivity index (χ4n) is 3.60. The van der Waals surface area contributed by atoms with Gasteiger partial charge in [-0.25, -0.2) is 0 Å². The quantitative estimate of drug-likeness (QED) is 0.864. The normalized spacial score (nSPS) is 42.8. The Morgan fingerprint density at radius 1 is 1.39 bits per heavy atom. The predicted octanol–water partition coefficient (Wildman–Crippen LogP) is 1.70. The minimum Gasteiger partial charge on any atom is -0.374 e. The number of fused-ring (bicyclic) bond motifs is 2. The van der Waals surface area contributed by atoms with Crippen LogP contribution in [0.1, 0.15) is 56.7 Å². The van der Waals surface area contributed by atoms with Crippen molar-refractivity contribution >= 4 is 0 Å². The fraction of sp³-hybridized carbons (Fsp3) is 0.846. The number of nitrogens with zero attached hydrogens (tertiary/aromatic N) is 2. The highest BCUT2D eigenvalue weighted by molar-refractivity contribution is 5.10. The number of ether oxygens (including phenoxy) is 1.